The summed E-state index contributed by atoms with van der Waals surface area (Å²) in [5.74, 6) is 0.574. The van der Waals surface area contributed by atoms with Gasteiger partial charge in [-0.15, -0.1) is 0 Å². The molecular formula is C11H16BrN3. The van der Waals surface area contributed by atoms with E-state index in [9.17, 15) is 0 Å². The molecule has 4 heteroatoms. The maximum absolute atomic E-state index is 5.79. The van der Waals surface area contributed by atoms with Crippen molar-refractivity contribution in [2.24, 2.45) is 0 Å². The predicted molar refractivity (Wildman–Crippen MR) is 67.0 cm³/mol. The zero-order valence-corrected chi connectivity index (χ0v) is 10.5. The Balaban J connectivity index is 2.31. The SMILES string of the molecule is CC1CCCCN1c1ccnc(N)c1Br. The van der Waals surface area contributed by atoms with Gasteiger partial charge in [-0.25, -0.2) is 4.98 Å². The molecule has 82 valence electrons. The highest BCUT2D eigenvalue weighted by atomic mass is 79.9. The van der Waals surface area contributed by atoms with Gasteiger partial charge in [0.25, 0.3) is 0 Å². The van der Waals surface area contributed by atoms with E-state index < -0.39 is 0 Å². The van der Waals surface area contributed by atoms with Crippen LogP contribution in [0.4, 0.5) is 11.5 Å². The molecule has 1 aliphatic rings. The monoisotopic (exact) mass is 269 g/mol. The molecule has 0 spiro atoms. The number of nitrogens with zero attached hydrogens (tertiary/aromatic N) is 2. The quantitative estimate of drug-likeness (QED) is 0.853. The number of nitrogen functional groups attached to an aromatic ring is 1. The van der Waals surface area contributed by atoms with Crippen molar-refractivity contribution in [3.8, 4) is 0 Å². The van der Waals surface area contributed by atoms with E-state index in [1.54, 1.807) is 6.20 Å². The van der Waals surface area contributed by atoms with Gasteiger partial charge in [-0.1, -0.05) is 0 Å². The Kier molecular flexibility index (Phi) is 3.14. The number of pyridine rings is 1. The van der Waals surface area contributed by atoms with Crippen LogP contribution in [0.15, 0.2) is 16.7 Å². The second kappa shape index (κ2) is 4.39. The van der Waals surface area contributed by atoms with Crippen LogP contribution in [0.3, 0.4) is 0 Å². The van der Waals surface area contributed by atoms with Crippen molar-refractivity contribution < 1.29 is 0 Å². The molecule has 2 rings (SSSR count). The average Bonchev–Trinajstić information content (AvgIpc) is 2.23. The lowest BCUT2D eigenvalue weighted by Gasteiger charge is -2.36. The Morgan fingerprint density at radius 1 is 1.53 bits per heavy atom. The summed E-state index contributed by atoms with van der Waals surface area (Å²) in [6, 6.07) is 2.62. The Bertz CT molecular complexity index is 354. The largest absolute Gasteiger partial charge is 0.383 e. The molecule has 0 aromatic carbocycles. The Morgan fingerprint density at radius 2 is 2.33 bits per heavy atom. The summed E-state index contributed by atoms with van der Waals surface area (Å²) in [7, 11) is 0. The fourth-order valence-electron chi connectivity index (χ4n) is 2.13. The minimum atomic E-state index is 0.574. The minimum absolute atomic E-state index is 0.574. The van der Waals surface area contributed by atoms with Gasteiger partial charge in [-0.3, -0.25) is 0 Å². The molecule has 1 aliphatic heterocycles. The van der Waals surface area contributed by atoms with Gasteiger partial charge in [0.15, 0.2) is 0 Å². The average molecular weight is 270 g/mol. The number of hydrogen-bond donors (Lipinski definition) is 1. The Hall–Kier alpha value is -0.770. The van der Waals surface area contributed by atoms with E-state index in [-0.39, 0.29) is 0 Å². The van der Waals surface area contributed by atoms with Gasteiger partial charge < -0.3 is 10.6 Å². The molecule has 0 bridgehead atoms. The van der Waals surface area contributed by atoms with Crippen LogP contribution in [0.5, 0.6) is 0 Å². The molecule has 0 saturated carbocycles. The fraction of sp³-hybridized carbons (Fsp3) is 0.545. The van der Waals surface area contributed by atoms with Gasteiger partial charge in [0.2, 0.25) is 0 Å². The number of piperidine rings is 1. The Morgan fingerprint density at radius 3 is 3.07 bits per heavy atom. The first-order valence-electron chi connectivity index (χ1n) is 5.37. The maximum Gasteiger partial charge on any atom is 0.139 e. The fourth-order valence-corrected chi connectivity index (χ4v) is 2.59. The minimum Gasteiger partial charge on any atom is -0.383 e. The van der Waals surface area contributed by atoms with E-state index in [1.807, 2.05) is 6.07 Å². The summed E-state index contributed by atoms with van der Waals surface area (Å²) in [5, 5.41) is 0. The number of anilines is 2. The molecule has 1 atom stereocenters. The van der Waals surface area contributed by atoms with E-state index in [2.05, 4.69) is 32.7 Å². The lowest BCUT2D eigenvalue weighted by atomic mass is 10.0. The molecule has 0 radical (unpaired) electrons. The zero-order chi connectivity index (χ0) is 10.8. The summed E-state index contributed by atoms with van der Waals surface area (Å²) >= 11 is 3.51. The van der Waals surface area contributed by atoms with Gasteiger partial charge in [-0.05, 0) is 48.2 Å². The van der Waals surface area contributed by atoms with E-state index >= 15 is 0 Å². The van der Waals surface area contributed by atoms with Crippen LogP contribution >= 0.6 is 15.9 Å². The molecule has 1 fully saturated rings. The van der Waals surface area contributed by atoms with Gasteiger partial charge in [0, 0.05) is 18.8 Å². The molecular weight excluding hydrogens is 254 g/mol. The van der Waals surface area contributed by atoms with Crippen LogP contribution in [-0.2, 0) is 0 Å². The maximum atomic E-state index is 5.79. The summed E-state index contributed by atoms with van der Waals surface area (Å²) in [4.78, 5) is 6.47. The lowest BCUT2D eigenvalue weighted by Crippen LogP contribution is -2.37. The molecule has 0 aliphatic carbocycles. The summed E-state index contributed by atoms with van der Waals surface area (Å²) < 4.78 is 0.929. The highest BCUT2D eigenvalue weighted by Crippen LogP contribution is 2.33. The van der Waals surface area contributed by atoms with E-state index in [1.165, 1.54) is 24.9 Å². The molecule has 1 aromatic heterocycles. The second-order valence-electron chi connectivity index (χ2n) is 4.07. The third kappa shape index (κ3) is 2.09. The summed E-state index contributed by atoms with van der Waals surface area (Å²) in [6.45, 7) is 3.38. The number of hydrogen-bond acceptors (Lipinski definition) is 3. The van der Waals surface area contributed by atoms with Gasteiger partial charge in [0.05, 0.1) is 10.2 Å². The van der Waals surface area contributed by atoms with Crippen LogP contribution < -0.4 is 10.6 Å². The van der Waals surface area contributed by atoms with E-state index in [0.717, 1.165) is 11.0 Å². The predicted octanol–water partition coefficient (Wildman–Crippen LogP) is 2.81. The lowest BCUT2D eigenvalue weighted by molar-refractivity contribution is 0.484. The third-order valence-electron chi connectivity index (χ3n) is 3.01. The first kappa shape index (κ1) is 10.7. The highest BCUT2D eigenvalue weighted by molar-refractivity contribution is 9.10. The van der Waals surface area contributed by atoms with Crippen molar-refractivity contribution >= 4 is 27.4 Å². The van der Waals surface area contributed by atoms with Crippen LogP contribution in [-0.4, -0.2) is 17.6 Å². The number of halogens is 1. The van der Waals surface area contributed by atoms with Crippen LogP contribution in [0.25, 0.3) is 0 Å². The second-order valence-corrected chi connectivity index (χ2v) is 4.86. The normalized spacial score (nSPS) is 21.7. The van der Waals surface area contributed by atoms with Gasteiger partial charge in [-0.2, -0.15) is 0 Å². The van der Waals surface area contributed by atoms with Crippen molar-refractivity contribution in [1.29, 1.82) is 0 Å². The van der Waals surface area contributed by atoms with Crippen molar-refractivity contribution in [2.45, 2.75) is 32.2 Å². The Labute approximate surface area is 98.8 Å². The molecule has 3 nitrogen and oxygen atoms in total. The summed E-state index contributed by atoms with van der Waals surface area (Å²) in [6.07, 6.45) is 5.63. The molecule has 2 N–H and O–H groups in total. The molecule has 1 unspecified atom stereocenters. The van der Waals surface area contributed by atoms with Gasteiger partial charge >= 0.3 is 0 Å². The molecule has 1 saturated heterocycles. The number of rotatable bonds is 1. The molecule has 0 amide bonds. The van der Waals surface area contributed by atoms with Crippen LogP contribution in [0, 0.1) is 0 Å². The van der Waals surface area contributed by atoms with Crippen molar-refractivity contribution in [1.82, 2.24) is 4.98 Å². The smallest absolute Gasteiger partial charge is 0.139 e. The van der Waals surface area contributed by atoms with Crippen molar-refractivity contribution in [3.63, 3.8) is 0 Å². The van der Waals surface area contributed by atoms with E-state index in [4.69, 9.17) is 5.73 Å². The van der Waals surface area contributed by atoms with E-state index in [0.29, 0.717) is 11.9 Å². The van der Waals surface area contributed by atoms with Crippen molar-refractivity contribution in [3.05, 3.63) is 16.7 Å². The van der Waals surface area contributed by atoms with Gasteiger partial charge in [0.1, 0.15) is 5.82 Å². The molecule has 1 aromatic rings. The van der Waals surface area contributed by atoms with Crippen LogP contribution in [0.2, 0.25) is 0 Å². The highest BCUT2D eigenvalue weighted by Gasteiger charge is 2.21. The summed E-state index contributed by atoms with van der Waals surface area (Å²) in [5.41, 5.74) is 6.96. The third-order valence-corrected chi connectivity index (χ3v) is 3.82. The first-order chi connectivity index (χ1) is 7.20. The zero-order valence-electron chi connectivity index (χ0n) is 8.91. The number of aromatic nitrogens is 1. The standard InChI is InChI=1S/C11H16BrN3/c1-8-4-2-3-7-15(8)9-5-6-14-11(13)10(9)12/h5-6,8H,2-4,7H2,1H3,(H2,13,14). The van der Waals surface area contributed by atoms with Crippen LogP contribution in [0.1, 0.15) is 26.2 Å². The number of nitrogens with two attached hydrogens (primary N) is 1. The van der Waals surface area contributed by atoms with Crippen molar-refractivity contribution in [2.75, 3.05) is 17.2 Å². The topological polar surface area (TPSA) is 42.2 Å². The molecule has 2 heterocycles. The molecule has 15 heavy (non-hydrogen) atoms. The first-order valence-corrected chi connectivity index (χ1v) is 6.16.